The number of aryl methyl sites for hydroxylation is 1. The first-order valence-electron chi connectivity index (χ1n) is 10.2. The lowest BCUT2D eigenvalue weighted by Gasteiger charge is -2.17. The van der Waals surface area contributed by atoms with E-state index in [-0.39, 0.29) is 5.56 Å². The second-order valence-electron chi connectivity index (χ2n) is 8.01. The van der Waals surface area contributed by atoms with Crippen molar-refractivity contribution in [1.82, 2.24) is 14.6 Å². The normalized spacial score (nSPS) is 16.4. The molecule has 1 aliphatic rings. The summed E-state index contributed by atoms with van der Waals surface area (Å²) in [5.74, 6) is 2.11. The molecule has 0 saturated heterocycles. The summed E-state index contributed by atoms with van der Waals surface area (Å²) < 4.78 is 6.90. The number of hydrogen-bond donors (Lipinski definition) is 1. The number of nitrogens with zero attached hydrogens (tertiary/aromatic N) is 3. The van der Waals surface area contributed by atoms with Gasteiger partial charge < -0.3 is 9.73 Å². The van der Waals surface area contributed by atoms with Crippen LogP contribution < -0.4 is 10.9 Å². The van der Waals surface area contributed by atoms with Crippen LogP contribution in [0.5, 0.6) is 0 Å². The fourth-order valence-corrected chi connectivity index (χ4v) is 5.77. The Balaban J connectivity index is 1.61. The van der Waals surface area contributed by atoms with Crippen molar-refractivity contribution < 1.29 is 4.42 Å². The third-order valence-electron chi connectivity index (χ3n) is 5.94. The highest BCUT2D eigenvalue weighted by atomic mass is 32.1. The molecule has 30 heavy (non-hydrogen) atoms. The van der Waals surface area contributed by atoms with Gasteiger partial charge in [0.25, 0.3) is 5.56 Å². The zero-order valence-corrected chi connectivity index (χ0v) is 17.3. The molecule has 1 aliphatic carbocycles. The van der Waals surface area contributed by atoms with Crippen LogP contribution in [0.15, 0.2) is 51.9 Å². The van der Waals surface area contributed by atoms with Crippen LogP contribution in [-0.2, 0) is 19.4 Å². The molecule has 0 spiro atoms. The number of benzene rings is 1. The number of nitrogens with one attached hydrogen (secondary N) is 1. The zero-order chi connectivity index (χ0) is 20.2. The second-order valence-corrected chi connectivity index (χ2v) is 9.10. The third kappa shape index (κ3) is 2.65. The van der Waals surface area contributed by atoms with Gasteiger partial charge in [-0.15, -0.1) is 16.4 Å². The maximum Gasteiger partial charge on any atom is 0.283 e. The van der Waals surface area contributed by atoms with Gasteiger partial charge >= 0.3 is 0 Å². The molecule has 0 amide bonds. The first-order valence-corrected chi connectivity index (χ1v) is 11.0. The molecule has 1 N–H and O–H groups in total. The van der Waals surface area contributed by atoms with E-state index in [1.54, 1.807) is 17.6 Å². The number of thiophene rings is 1. The van der Waals surface area contributed by atoms with Gasteiger partial charge in [-0.25, -0.2) is 4.98 Å². The second kappa shape index (κ2) is 6.67. The fourth-order valence-electron chi connectivity index (χ4n) is 4.40. The standard InChI is InChI=1S/C23H20N4O2S/c1-13-8-9-17-18(11-13)30-22-19(17)23(28)27-21(25-22)16-7-3-2-6-15(16)20(26-27)24-12-14-5-4-10-29-14/h2-7,10,13H,8-9,11-12H2,1H3,(H,24,26). The van der Waals surface area contributed by atoms with Crippen LogP contribution in [-0.4, -0.2) is 14.6 Å². The monoisotopic (exact) mass is 416 g/mol. The van der Waals surface area contributed by atoms with Crippen molar-refractivity contribution in [2.24, 2.45) is 5.92 Å². The molecule has 1 atom stereocenters. The van der Waals surface area contributed by atoms with Gasteiger partial charge in [0.05, 0.1) is 18.2 Å². The molecule has 4 aromatic heterocycles. The van der Waals surface area contributed by atoms with E-state index < -0.39 is 0 Å². The minimum Gasteiger partial charge on any atom is -0.467 e. The molecule has 5 aromatic rings. The van der Waals surface area contributed by atoms with Crippen molar-refractivity contribution in [3.8, 4) is 0 Å². The molecule has 4 heterocycles. The van der Waals surface area contributed by atoms with Gasteiger partial charge in [0.1, 0.15) is 10.6 Å². The Morgan fingerprint density at radius 1 is 1.23 bits per heavy atom. The minimum absolute atomic E-state index is 0.0751. The largest absolute Gasteiger partial charge is 0.467 e. The molecule has 6 rings (SSSR count). The summed E-state index contributed by atoms with van der Waals surface area (Å²) >= 11 is 1.67. The predicted molar refractivity (Wildman–Crippen MR) is 119 cm³/mol. The van der Waals surface area contributed by atoms with Crippen LogP contribution in [0.3, 0.4) is 0 Å². The van der Waals surface area contributed by atoms with Crippen molar-refractivity contribution >= 4 is 43.8 Å². The first-order chi connectivity index (χ1) is 14.7. The molecule has 6 nitrogen and oxygen atoms in total. The topological polar surface area (TPSA) is 72.4 Å². The number of furan rings is 1. The lowest BCUT2D eigenvalue weighted by molar-refractivity contribution is 0.509. The maximum absolute atomic E-state index is 13.6. The SMILES string of the molecule is CC1CCc2c(sc3nc4c5ccccc5c(NCc5ccco5)nn4c(=O)c23)C1. The zero-order valence-electron chi connectivity index (χ0n) is 16.5. The van der Waals surface area contributed by atoms with Crippen LogP contribution in [0.1, 0.15) is 29.5 Å². The molecule has 0 radical (unpaired) electrons. The van der Waals surface area contributed by atoms with E-state index >= 15 is 0 Å². The molecule has 0 fully saturated rings. The van der Waals surface area contributed by atoms with Crippen molar-refractivity contribution in [3.05, 3.63) is 69.2 Å². The Morgan fingerprint density at radius 3 is 2.93 bits per heavy atom. The summed E-state index contributed by atoms with van der Waals surface area (Å²) in [5, 5.41) is 10.6. The summed E-state index contributed by atoms with van der Waals surface area (Å²) in [6, 6.07) is 11.7. The Labute approximate surface area is 176 Å². The van der Waals surface area contributed by atoms with Crippen LogP contribution in [0.4, 0.5) is 5.82 Å². The van der Waals surface area contributed by atoms with Crippen LogP contribution in [0.2, 0.25) is 0 Å². The smallest absolute Gasteiger partial charge is 0.283 e. The molecule has 0 bridgehead atoms. The van der Waals surface area contributed by atoms with Gasteiger partial charge in [0.2, 0.25) is 0 Å². The Bertz CT molecular complexity index is 1470. The molecule has 1 aromatic carbocycles. The van der Waals surface area contributed by atoms with Crippen molar-refractivity contribution in [1.29, 1.82) is 0 Å². The van der Waals surface area contributed by atoms with E-state index in [0.717, 1.165) is 46.0 Å². The molecule has 150 valence electrons. The van der Waals surface area contributed by atoms with E-state index in [1.165, 1.54) is 15.0 Å². The number of aromatic nitrogens is 3. The predicted octanol–water partition coefficient (Wildman–Crippen LogP) is 4.79. The molecular formula is C23H20N4O2S. The number of anilines is 1. The van der Waals surface area contributed by atoms with Gasteiger partial charge in [-0.3, -0.25) is 4.79 Å². The molecule has 7 heteroatoms. The summed E-state index contributed by atoms with van der Waals surface area (Å²) in [4.78, 5) is 20.6. The van der Waals surface area contributed by atoms with E-state index in [1.807, 2.05) is 36.4 Å². The van der Waals surface area contributed by atoms with Crippen molar-refractivity contribution in [2.75, 3.05) is 5.32 Å². The average Bonchev–Trinajstić information content (AvgIpc) is 3.39. The van der Waals surface area contributed by atoms with E-state index in [0.29, 0.717) is 23.9 Å². The Hall–Kier alpha value is -3.19. The van der Waals surface area contributed by atoms with E-state index in [4.69, 9.17) is 9.40 Å². The highest BCUT2D eigenvalue weighted by Gasteiger charge is 2.24. The highest BCUT2D eigenvalue weighted by molar-refractivity contribution is 7.18. The van der Waals surface area contributed by atoms with Crippen LogP contribution in [0.25, 0.3) is 26.6 Å². The van der Waals surface area contributed by atoms with Crippen molar-refractivity contribution in [3.63, 3.8) is 0 Å². The van der Waals surface area contributed by atoms with Crippen LogP contribution in [0, 0.1) is 5.92 Å². The maximum atomic E-state index is 13.6. The van der Waals surface area contributed by atoms with Crippen molar-refractivity contribution in [2.45, 2.75) is 32.7 Å². The number of rotatable bonds is 3. The molecule has 0 aliphatic heterocycles. The summed E-state index contributed by atoms with van der Waals surface area (Å²) in [6.07, 6.45) is 4.73. The third-order valence-corrected chi connectivity index (χ3v) is 7.09. The van der Waals surface area contributed by atoms with Gasteiger partial charge in [0.15, 0.2) is 11.5 Å². The van der Waals surface area contributed by atoms with E-state index in [2.05, 4.69) is 17.3 Å². The molecule has 1 unspecified atom stereocenters. The summed E-state index contributed by atoms with van der Waals surface area (Å²) in [6.45, 7) is 2.77. The lowest BCUT2D eigenvalue weighted by Crippen LogP contribution is -2.20. The van der Waals surface area contributed by atoms with Gasteiger partial charge in [-0.2, -0.15) is 4.52 Å². The number of hydrogen-bond acceptors (Lipinski definition) is 6. The molecular weight excluding hydrogens is 396 g/mol. The van der Waals surface area contributed by atoms with Gasteiger partial charge in [-0.1, -0.05) is 31.2 Å². The fraction of sp³-hybridized carbons (Fsp3) is 0.261. The lowest BCUT2D eigenvalue weighted by atomic mass is 9.89. The Morgan fingerprint density at radius 2 is 2.10 bits per heavy atom. The highest BCUT2D eigenvalue weighted by Crippen LogP contribution is 2.36. The Kier molecular flexibility index (Phi) is 3.92. The first kappa shape index (κ1) is 17.7. The quantitative estimate of drug-likeness (QED) is 0.428. The minimum atomic E-state index is -0.0751. The summed E-state index contributed by atoms with van der Waals surface area (Å²) in [7, 11) is 0. The van der Waals surface area contributed by atoms with E-state index in [9.17, 15) is 4.79 Å². The van der Waals surface area contributed by atoms with Gasteiger partial charge in [0, 0.05) is 15.6 Å². The van der Waals surface area contributed by atoms with Crippen LogP contribution >= 0.6 is 11.3 Å². The van der Waals surface area contributed by atoms with Gasteiger partial charge in [-0.05, 0) is 42.9 Å². The average molecular weight is 417 g/mol. The number of fused-ring (bicyclic) bond motifs is 6. The molecule has 0 saturated carbocycles. The summed E-state index contributed by atoms with van der Waals surface area (Å²) in [5.41, 5.74) is 1.72.